The maximum Gasteiger partial charge on any atom is 0.324 e. The van der Waals surface area contributed by atoms with Gasteiger partial charge in [0.2, 0.25) is 5.91 Å². The number of hydrogen-bond acceptors (Lipinski definition) is 8. The predicted molar refractivity (Wildman–Crippen MR) is 114 cm³/mol. The molecule has 0 spiro atoms. The van der Waals surface area contributed by atoms with Crippen molar-refractivity contribution in [2.45, 2.75) is 13.5 Å². The first-order chi connectivity index (χ1) is 13.9. The minimum Gasteiger partial charge on any atom is -0.347 e. The molecule has 29 heavy (non-hydrogen) atoms. The van der Waals surface area contributed by atoms with Crippen LogP contribution in [0.5, 0.6) is 0 Å². The minimum atomic E-state index is -0.465. The Balaban J connectivity index is 1.50. The number of aromatic nitrogens is 1. The highest BCUT2D eigenvalue weighted by Crippen LogP contribution is 2.25. The largest absolute Gasteiger partial charge is 0.347 e. The molecule has 1 amide bonds. The number of Topliss-reactive ketones (excluding diaryl/α,β-unsaturated/α-hetero) is 1. The third-order valence-corrected chi connectivity index (χ3v) is 5.54. The monoisotopic (exact) mass is 428 g/mol. The third kappa shape index (κ3) is 5.80. The van der Waals surface area contributed by atoms with E-state index in [9.17, 15) is 19.7 Å². The Hall–Kier alpha value is -3.37. The Morgan fingerprint density at radius 3 is 2.62 bits per heavy atom. The van der Waals surface area contributed by atoms with E-state index >= 15 is 0 Å². The molecule has 0 saturated carbocycles. The summed E-state index contributed by atoms with van der Waals surface area (Å²) in [4.78, 5) is 38.5. The van der Waals surface area contributed by atoms with Crippen molar-refractivity contribution in [1.29, 1.82) is 0 Å². The average molecular weight is 428 g/mol. The van der Waals surface area contributed by atoms with Gasteiger partial charge in [-0.2, -0.15) is 0 Å². The summed E-state index contributed by atoms with van der Waals surface area (Å²) < 4.78 is 0. The lowest BCUT2D eigenvalue weighted by atomic mass is 10.1. The first-order valence-corrected chi connectivity index (χ1v) is 10.1. The summed E-state index contributed by atoms with van der Waals surface area (Å²) in [6.45, 7) is 1.78. The summed E-state index contributed by atoms with van der Waals surface area (Å²) in [6.07, 6.45) is 2.86. The van der Waals surface area contributed by atoms with Crippen molar-refractivity contribution in [2.75, 3.05) is 5.32 Å². The molecule has 8 nitrogen and oxygen atoms in total. The number of carbonyl (C=O) groups excluding carboxylic acids is 2. The first-order valence-electron chi connectivity index (χ1n) is 8.43. The number of nitrogens with zero attached hydrogens (tertiary/aromatic N) is 2. The van der Waals surface area contributed by atoms with Crippen molar-refractivity contribution in [2.24, 2.45) is 0 Å². The Bertz CT molecular complexity index is 1070. The van der Waals surface area contributed by atoms with Gasteiger partial charge < -0.3 is 10.6 Å². The van der Waals surface area contributed by atoms with Crippen molar-refractivity contribution in [1.82, 2.24) is 10.3 Å². The van der Waals surface area contributed by atoms with Crippen LogP contribution in [-0.4, -0.2) is 21.6 Å². The van der Waals surface area contributed by atoms with Crippen LogP contribution in [0.4, 0.5) is 15.8 Å². The normalized spacial score (nSPS) is 10.8. The Labute approximate surface area is 174 Å². The van der Waals surface area contributed by atoms with Crippen LogP contribution in [0.2, 0.25) is 0 Å². The quantitative estimate of drug-likeness (QED) is 0.238. The van der Waals surface area contributed by atoms with Crippen molar-refractivity contribution < 1.29 is 14.5 Å². The molecule has 1 aromatic carbocycles. The van der Waals surface area contributed by atoms with Crippen LogP contribution in [0.25, 0.3) is 6.08 Å². The van der Waals surface area contributed by atoms with E-state index in [4.69, 9.17) is 0 Å². The zero-order valence-corrected chi connectivity index (χ0v) is 16.9. The SMILES string of the molecule is CC(=O)c1ccc(Nc2nc(CNC(=O)/C=C/c3ccc([N+](=O)[O-])s3)cs2)cc1. The van der Waals surface area contributed by atoms with Gasteiger partial charge in [0, 0.05) is 33.7 Å². The molecule has 2 N–H and O–H groups in total. The van der Waals surface area contributed by atoms with Gasteiger partial charge in [-0.05, 0) is 43.3 Å². The van der Waals surface area contributed by atoms with E-state index in [2.05, 4.69) is 15.6 Å². The van der Waals surface area contributed by atoms with Gasteiger partial charge in [0.05, 0.1) is 17.2 Å². The first kappa shape index (κ1) is 20.4. The van der Waals surface area contributed by atoms with Gasteiger partial charge in [-0.15, -0.1) is 11.3 Å². The number of anilines is 2. The number of benzene rings is 1. The molecule has 3 rings (SSSR count). The molecule has 0 aliphatic rings. The molecular weight excluding hydrogens is 412 g/mol. The Morgan fingerprint density at radius 2 is 1.97 bits per heavy atom. The molecule has 3 aromatic rings. The maximum absolute atomic E-state index is 11.9. The summed E-state index contributed by atoms with van der Waals surface area (Å²) in [5.41, 5.74) is 2.16. The van der Waals surface area contributed by atoms with Gasteiger partial charge >= 0.3 is 5.00 Å². The molecule has 0 atom stereocenters. The van der Waals surface area contributed by atoms with E-state index in [0.29, 0.717) is 21.3 Å². The van der Waals surface area contributed by atoms with Crippen LogP contribution in [0.15, 0.2) is 47.9 Å². The lowest BCUT2D eigenvalue weighted by Crippen LogP contribution is -2.20. The van der Waals surface area contributed by atoms with Gasteiger partial charge in [-0.25, -0.2) is 4.98 Å². The van der Waals surface area contributed by atoms with Crippen molar-refractivity contribution in [3.8, 4) is 0 Å². The standard InChI is InChI=1S/C19H16N4O4S2/c1-12(24)13-2-4-14(5-3-13)21-19-22-15(11-28-19)10-20-17(25)8-6-16-7-9-18(29-16)23(26)27/h2-9,11H,10H2,1H3,(H,20,25)(H,21,22)/b8-6+. The number of nitrogens with one attached hydrogen (secondary N) is 2. The number of amides is 1. The van der Waals surface area contributed by atoms with Gasteiger partial charge in [0.1, 0.15) is 0 Å². The fourth-order valence-corrected chi connectivity index (χ4v) is 3.74. The highest BCUT2D eigenvalue weighted by Gasteiger charge is 2.08. The van der Waals surface area contributed by atoms with Crippen molar-refractivity contribution in [3.63, 3.8) is 0 Å². The summed E-state index contributed by atoms with van der Waals surface area (Å²) in [6, 6.07) is 10.1. The second-order valence-electron chi connectivity index (χ2n) is 5.89. The van der Waals surface area contributed by atoms with Gasteiger partial charge in [0.15, 0.2) is 10.9 Å². The number of ketones is 1. The molecule has 0 fully saturated rings. The van der Waals surface area contributed by atoms with Gasteiger partial charge in [-0.3, -0.25) is 19.7 Å². The molecule has 10 heteroatoms. The fourth-order valence-electron chi connectivity index (χ4n) is 2.28. The van der Waals surface area contributed by atoms with E-state index in [1.54, 1.807) is 30.3 Å². The van der Waals surface area contributed by atoms with Crippen LogP contribution < -0.4 is 10.6 Å². The van der Waals surface area contributed by atoms with E-state index in [-0.39, 0.29) is 23.2 Å². The van der Waals surface area contributed by atoms with Crippen molar-refractivity contribution in [3.05, 3.63) is 74.1 Å². The summed E-state index contributed by atoms with van der Waals surface area (Å²) in [5.74, 6) is -0.307. The number of carbonyl (C=O) groups is 2. The highest BCUT2D eigenvalue weighted by molar-refractivity contribution is 7.16. The van der Waals surface area contributed by atoms with E-state index in [1.165, 1.54) is 36.5 Å². The van der Waals surface area contributed by atoms with E-state index in [0.717, 1.165) is 17.0 Å². The second-order valence-corrected chi connectivity index (χ2v) is 7.84. The lowest BCUT2D eigenvalue weighted by molar-refractivity contribution is -0.380. The highest BCUT2D eigenvalue weighted by atomic mass is 32.1. The number of rotatable bonds is 8. The lowest BCUT2D eigenvalue weighted by Gasteiger charge is -2.03. The molecule has 0 aliphatic heterocycles. The van der Waals surface area contributed by atoms with Crippen LogP contribution in [-0.2, 0) is 11.3 Å². The molecule has 0 aliphatic carbocycles. The minimum absolute atomic E-state index is 0.00942. The topological polar surface area (TPSA) is 114 Å². The maximum atomic E-state index is 11.9. The zero-order chi connectivity index (χ0) is 20.8. The molecule has 2 aromatic heterocycles. The zero-order valence-electron chi connectivity index (χ0n) is 15.2. The third-order valence-electron chi connectivity index (χ3n) is 3.73. The molecule has 0 unspecified atom stereocenters. The second kappa shape index (κ2) is 9.22. The summed E-state index contributed by atoms with van der Waals surface area (Å²) in [5, 5.41) is 19.1. The fraction of sp³-hybridized carbons (Fsp3) is 0.105. The summed E-state index contributed by atoms with van der Waals surface area (Å²) in [7, 11) is 0. The Kier molecular flexibility index (Phi) is 6.47. The number of thiazole rings is 1. The van der Waals surface area contributed by atoms with Crippen LogP contribution in [0.3, 0.4) is 0 Å². The number of thiophene rings is 1. The van der Waals surface area contributed by atoms with E-state index < -0.39 is 4.92 Å². The van der Waals surface area contributed by atoms with Crippen LogP contribution in [0.1, 0.15) is 27.9 Å². The van der Waals surface area contributed by atoms with Crippen LogP contribution >= 0.6 is 22.7 Å². The molecule has 148 valence electrons. The van der Waals surface area contributed by atoms with Gasteiger partial charge in [-0.1, -0.05) is 11.3 Å². The van der Waals surface area contributed by atoms with E-state index in [1.807, 2.05) is 5.38 Å². The van der Waals surface area contributed by atoms with Crippen LogP contribution in [0, 0.1) is 10.1 Å². The molecule has 0 radical (unpaired) electrons. The number of hydrogen-bond donors (Lipinski definition) is 2. The Morgan fingerprint density at radius 1 is 1.21 bits per heavy atom. The molecule has 2 heterocycles. The molecule has 0 bridgehead atoms. The molecular formula is C19H16N4O4S2. The molecule has 0 saturated heterocycles. The van der Waals surface area contributed by atoms with Gasteiger partial charge in [0.25, 0.3) is 0 Å². The van der Waals surface area contributed by atoms with Crippen molar-refractivity contribution >= 4 is 56.3 Å². The summed E-state index contributed by atoms with van der Waals surface area (Å²) >= 11 is 2.40. The number of nitro groups is 1. The smallest absolute Gasteiger partial charge is 0.324 e. The predicted octanol–water partition coefficient (Wildman–Crippen LogP) is 4.39. The average Bonchev–Trinajstić information content (AvgIpc) is 3.35.